The molecule has 1 fully saturated rings. The molecule has 0 heteroatoms. The van der Waals surface area contributed by atoms with Crippen molar-refractivity contribution in [2.45, 2.75) is 72.6 Å². The molecule has 84 valence electrons. The molecule has 1 aliphatic rings. The summed E-state index contributed by atoms with van der Waals surface area (Å²) in [5.41, 5.74) is 0.651. The second-order valence-corrected chi connectivity index (χ2v) is 5.54. The lowest BCUT2D eigenvalue weighted by molar-refractivity contribution is 0.158. The van der Waals surface area contributed by atoms with Crippen LogP contribution in [0.1, 0.15) is 72.6 Å². The van der Waals surface area contributed by atoms with Crippen LogP contribution in [0.25, 0.3) is 0 Å². The molecule has 1 saturated carbocycles. The molecule has 0 N–H and O–H groups in total. The zero-order valence-corrected chi connectivity index (χ0v) is 10.6. The summed E-state index contributed by atoms with van der Waals surface area (Å²) in [6.45, 7) is 9.60. The largest absolute Gasteiger partial charge is 0.0654 e. The third-order valence-electron chi connectivity index (χ3n) is 4.73. The fourth-order valence-corrected chi connectivity index (χ4v) is 3.32. The number of hydrogen-bond acceptors (Lipinski definition) is 0. The van der Waals surface area contributed by atoms with Crippen molar-refractivity contribution in [3.8, 4) is 0 Å². The molecular weight excluding hydrogens is 168 g/mol. The lowest BCUT2D eigenvalue weighted by Crippen LogP contribution is -2.24. The second-order valence-electron chi connectivity index (χ2n) is 5.54. The maximum atomic E-state index is 2.53. The zero-order chi connectivity index (χ0) is 10.6. The van der Waals surface area contributed by atoms with E-state index in [0.717, 1.165) is 11.8 Å². The minimum atomic E-state index is 0.651. The van der Waals surface area contributed by atoms with Gasteiger partial charge in [0.15, 0.2) is 0 Å². The summed E-state index contributed by atoms with van der Waals surface area (Å²) in [4.78, 5) is 0. The molecule has 0 aromatic carbocycles. The van der Waals surface area contributed by atoms with Crippen molar-refractivity contribution < 1.29 is 0 Å². The van der Waals surface area contributed by atoms with Crippen molar-refractivity contribution in [1.29, 1.82) is 0 Å². The van der Waals surface area contributed by atoms with E-state index in [-0.39, 0.29) is 0 Å². The van der Waals surface area contributed by atoms with Gasteiger partial charge in [0.25, 0.3) is 0 Å². The Morgan fingerprint density at radius 3 is 2.29 bits per heavy atom. The minimum Gasteiger partial charge on any atom is -0.0654 e. The van der Waals surface area contributed by atoms with Crippen molar-refractivity contribution in [3.05, 3.63) is 0 Å². The summed E-state index contributed by atoms with van der Waals surface area (Å²) in [7, 11) is 0. The average molecular weight is 196 g/mol. The van der Waals surface area contributed by atoms with Gasteiger partial charge in [-0.2, -0.15) is 0 Å². The van der Waals surface area contributed by atoms with Crippen LogP contribution < -0.4 is 0 Å². The standard InChI is InChI=1S/C14H28/c1-5-10-14(4,7-3)13-9-8-12(6-2)11-13/h12-13H,5-11H2,1-4H3. The van der Waals surface area contributed by atoms with Crippen molar-refractivity contribution in [2.24, 2.45) is 17.3 Å². The molecule has 0 aliphatic heterocycles. The Balaban J connectivity index is 2.53. The highest BCUT2D eigenvalue weighted by atomic mass is 14.4. The molecule has 3 atom stereocenters. The maximum absolute atomic E-state index is 2.53. The molecule has 0 heterocycles. The Morgan fingerprint density at radius 2 is 1.86 bits per heavy atom. The van der Waals surface area contributed by atoms with Gasteiger partial charge in [0.05, 0.1) is 0 Å². The van der Waals surface area contributed by atoms with Gasteiger partial charge in [0.1, 0.15) is 0 Å². The summed E-state index contributed by atoms with van der Waals surface area (Å²) >= 11 is 0. The van der Waals surface area contributed by atoms with Crippen LogP contribution in [0, 0.1) is 17.3 Å². The minimum absolute atomic E-state index is 0.651. The molecule has 0 radical (unpaired) electrons. The molecule has 1 aliphatic carbocycles. The van der Waals surface area contributed by atoms with Gasteiger partial charge < -0.3 is 0 Å². The Morgan fingerprint density at radius 1 is 1.14 bits per heavy atom. The van der Waals surface area contributed by atoms with Crippen LogP contribution in [-0.4, -0.2) is 0 Å². The Labute approximate surface area is 90.5 Å². The topological polar surface area (TPSA) is 0 Å². The number of rotatable bonds is 5. The molecule has 14 heavy (non-hydrogen) atoms. The van der Waals surface area contributed by atoms with E-state index < -0.39 is 0 Å². The molecule has 0 aromatic rings. The van der Waals surface area contributed by atoms with Crippen molar-refractivity contribution in [3.63, 3.8) is 0 Å². The van der Waals surface area contributed by atoms with Gasteiger partial charge in [0, 0.05) is 0 Å². The van der Waals surface area contributed by atoms with E-state index in [4.69, 9.17) is 0 Å². The van der Waals surface area contributed by atoms with Crippen LogP contribution in [0.3, 0.4) is 0 Å². The smallest absolute Gasteiger partial charge is 0.0300 e. The Bertz CT molecular complexity index is 161. The van der Waals surface area contributed by atoms with Gasteiger partial charge in [-0.05, 0) is 36.5 Å². The fraction of sp³-hybridized carbons (Fsp3) is 1.00. The predicted molar refractivity (Wildman–Crippen MR) is 64.4 cm³/mol. The predicted octanol–water partition coefficient (Wildman–Crippen LogP) is 5.03. The van der Waals surface area contributed by atoms with E-state index in [1.54, 1.807) is 0 Å². The third kappa shape index (κ3) is 2.52. The summed E-state index contributed by atoms with van der Waals surface area (Å²) in [5.74, 6) is 2.07. The maximum Gasteiger partial charge on any atom is -0.0300 e. The number of hydrogen-bond donors (Lipinski definition) is 0. The first-order valence-corrected chi connectivity index (χ1v) is 6.66. The van der Waals surface area contributed by atoms with Gasteiger partial charge in [-0.25, -0.2) is 0 Å². The molecule has 3 unspecified atom stereocenters. The molecule has 0 bridgehead atoms. The van der Waals surface area contributed by atoms with Gasteiger partial charge >= 0.3 is 0 Å². The average Bonchev–Trinajstić information content (AvgIpc) is 2.66. The monoisotopic (exact) mass is 196 g/mol. The third-order valence-corrected chi connectivity index (χ3v) is 4.73. The quantitative estimate of drug-likeness (QED) is 0.578. The highest BCUT2D eigenvalue weighted by Crippen LogP contribution is 2.47. The zero-order valence-electron chi connectivity index (χ0n) is 10.6. The van der Waals surface area contributed by atoms with Crippen molar-refractivity contribution >= 4 is 0 Å². The van der Waals surface area contributed by atoms with Crippen LogP contribution in [0.15, 0.2) is 0 Å². The molecule has 0 saturated heterocycles. The molecule has 0 spiro atoms. The summed E-state index contributed by atoms with van der Waals surface area (Å²) in [6.07, 6.45) is 10.1. The van der Waals surface area contributed by atoms with Crippen LogP contribution in [0.5, 0.6) is 0 Å². The van der Waals surface area contributed by atoms with E-state index >= 15 is 0 Å². The first-order valence-electron chi connectivity index (χ1n) is 6.66. The van der Waals surface area contributed by atoms with Gasteiger partial charge in [-0.15, -0.1) is 0 Å². The van der Waals surface area contributed by atoms with E-state index in [2.05, 4.69) is 27.7 Å². The normalized spacial score (nSPS) is 31.7. The van der Waals surface area contributed by atoms with Gasteiger partial charge in [-0.3, -0.25) is 0 Å². The molecule has 0 aromatic heterocycles. The van der Waals surface area contributed by atoms with Crippen molar-refractivity contribution in [1.82, 2.24) is 0 Å². The molecular formula is C14H28. The van der Waals surface area contributed by atoms with Crippen LogP contribution >= 0.6 is 0 Å². The van der Waals surface area contributed by atoms with Crippen molar-refractivity contribution in [2.75, 3.05) is 0 Å². The van der Waals surface area contributed by atoms with E-state index in [9.17, 15) is 0 Å². The fourth-order valence-electron chi connectivity index (χ4n) is 3.32. The van der Waals surface area contributed by atoms with Gasteiger partial charge in [0.2, 0.25) is 0 Å². The first-order chi connectivity index (χ1) is 6.66. The van der Waals surface area contributed by atoms with E-state index in [1.165, 1.54) is 44.9 Å². The van der Waals surface area contributed by atoms with Crippen LogP contribution in [-0.2, 0) is 0 Å². The second kappa shape index (κ2) is 5.19. The Kier molecular flexibility index (Phi) is 4.47. The van der Waals surface area contributed by atoms with Gasteiger partial charge in [-0.1, -0.05) is 53.4 Å². The summed E-state index contributed by atoms with van der Waals surface area (Å²) < 4.78 is 0. The highest BCUT2D eigenvalue weighted by Gasteiger charge is 2.36. The lowest BCUT2D eigenvalue weighted by atomic mass is 9.71. The summed E-state index contributed by atoms with van der Waals surface area (Å²) in [5, 5.41) is 0. The molecule has 0 amide bonds. The summed E-state index contributed by atoms with van der Waals surface area (Å²) in [6, 6.07) is 0. The lowest BCUT2D eigenvalue weighted by Gasteiger charge is -2.35. The van der Waals surface area contributed by atoms with Crippen LogP contribution in [0.2, 0.25) is 0 Å². The molecule has 0 nitrogen and oxygen atoms in total. The van der Waals surface area contributed by atoms with Crippen LogP contribution in [0.4, 0.5) is 0 Å². The SMILES string of the molecule is CCCC(C)(CC)C1CCC(CC)C1. The van der Waals surface area contributed by atoms with E-state index in [1.807, 2.05) is 0 Å². The molecule has 1 rings (SSSR count). The first kappa shape index (κ1) is 12.1. The Hall–Kier alpha value is 0. The highest BCUT2D eigenvalue weighted by molar-refractivity contribution is 4.87. The van der Waals surface area contributed by atoms with E-state index in [0.29, 0.717) is 5.41 Å².